The maximum Gasteiger partial charge on any atom is 0.305 e. The molecular formula is C15H21N3O3S. The molecule has 0 radical (unpaired) electrons. The van der Waals surface area contributed by atoms with Crippen LogP contribution in [0.2, 0.25) is 0 Å². The number of amides is 1. The largest absolute Gasteiger partial charge is 0.481 e. The zero-order valence-corrected chi connectivity index (χ0v) is 13.9. The van der Waals surface area contributed by atoms with E-state index >= 15 is 0 Å². The standard InChI is InChI=1S/C15H21N3O3S/c1-14(2)8-4-5-15(14,3)10(6-8)17-18-13-16-12(21)9(22-13)7-11(19)20/h8-9H,4-7H2,1-3H3,(H,19,20)(H,16,18,21). The van der Waals surface area contributed by atoms with Crippen molar-refractivity contribution in [1.29, 1.82) is 0 Å². The Labute approximate surface area is 133 Å². The van der Waals surface area contributed by atoms with Gasteiger partial charge >= 0.3 is 5.97 Å². The SMILES string of the molecule is CC12CCC(CC1=NN=C1NC(=O)C(CC(=O)O)S1)C2(C)C. The van der Waals surface area contributed by atoms with Gasteiger partial charge in [0.2, 0.25) is 5.91 Å². The molecule has 2 bridgehead atoms. The Morgan fingerprint density at radius 3 is 2.68 bits per heavy atom. The van der Waals surface area contributed by atoms with E-state index in [1.165, 1.54) is 6.42 Å². The van der Waals surface area contributed by atoms with Gasteiger partial charge in [-0.15, -0.1) is 5.10 Å². The van der Waals surface area contributed by atoms with Gasteiger partial charge < -0.3 is 10.4 Å². The van der Waals surface area contributed by atoms with Crippen LogP contribution in [0.1, 0.15) is 46.5 Å². The van der Waals surface area contributed by atoms with Gasteiger partial charge in [0.15, 0.2) is 5.17 Å². The number of carbonyl (C=O) groups is 2. The van der Waals surface area contributed by atoms with Gasteiger partial charge in [-0.25, -0.2) is 0 Å². The van der Waals surface area contributed by atoms with E-state index in [2.05, 4.69) is 36.3 Å². The normalized spacial score (nSPS) is 39.7. The topological polar surface area (TPSA) is 91.1 Å². The summed E-state index contributed by atoms with van der Waals surface area (Å²) in [4.78, 5) is 22.4. The first-order valence-corrected chi connectivity index (χ1v) is 8.46. The van der Waals surface area contributed by atoms with Gasteiger partial charge in [0.05, 0.1) is 6.42 Å². The van der Waals surface area contributed by atoms with E-state index in [1.54, 1.807) is 0 Å². The van der Waals surface area contributed by atoms with Crippen molar-refractivity contribution in [2.75, 3.05) is 0 Å². The summed E-state index contributed by atoms with van der Waals surface area (Å²) in [5.74, 6) is -0.629. The van der Waals surface area contributed by atoms with Crippen molar-refractivity contribution in [2.45, 2.75) is 51.7 Å². The molecule has 2 saturated carbocycles. The summed E-state index contributed by atoms with van der Waals surface area (Å²) in [6.07, 6.45) is 3.15. The quantitative estimate of drug-likeness (QED) is 0.779. The first-order chi connectivity index (χ1) is 10.2. The second kappa shape index (κ2) is 5.08. The minimum absolute atomic E-state index is 0.0788. The average Bonchev–Trinajstić information content (AvgIpc) is 2.93. The Kier molecular flexibility index (Phi) is 3.58. The molecule has 0 aromatic carbocycles. The van der Waals surface area contributed by atoms with Crippen molar-refractivity contribution in [2.24, 2.45) is 27.0 Å². The number of hydrogen-bond donors (Lipinski definition) is 2. The van der Waals surface area contributed by atoms with Gasteiger partial charge in [0.25, 0.3) is 0 Å². The molecule has 2 aliphatic carbocycles. The van der Waals surface area contributed by atoms with Crippen molar-refractivity contribution in [3.63, 3.8) is 0 Å². The minimum atomic E-state index is -0.984. The van der Waals surface area contributed by atoms with Gasteiger partial charge in [-0.3, -0.25) is 9.59 Å². The van der Waals surface area contributed by atoms with E-state index in [4.69, 9.17) is 5.11 Å². The van der Waals surface area contributed by atoms with Crippen LogP contribution in [0.5, 0.6) is 0 Å². The highest BCUT2D eigenvalue weighted by atomic mass is 32.2. The van der Waals surface area contributed by atoms with Crippen LogP contribution < -0.4 is 5.32 Å². The number of nitrogens with one attached hydrogen (secondary N) is 1. The molecule has 1 aliphatic heterocycles. The Bertz CT molecular complexity index is 599. The van der Waals surface area contributed by atoms with E-state index in [0.29, 0.717) is 11.1 Å². The van der Waals surface area contributed by atoms with Crippen LogP contribution in [0.3, 0.4) is 0 Å². The van der Waals surface area contributed by atoms with Crippen LogP contribution in [0, 0.1) is 16.7 Å². The third-order valence-corrected chi connectivity index (χ3v) is 6.98. The molecule has 1 saturated heterocycles. The van der Waals surface area contributed by atoms with E-state index in [-0.39, 0.29) is 23.2 Å². The monoisotopic (exact) mass is 323 g/mol. The number of fused-ring (bicyclic) bond motifs is 2. The van der Waals surface area contributed by atoms with Gasteiger partial charge in [0, 0.05) is 11.1 Å². The fourth-order valence-corrected chi connectivity index (χ4v) is 4.84. The number of thioether (sulfide) groups is 1. The van der Waals surface area contributed by atoms with Crippen LogP contribution in [0.25, 0.3) is 0 Å². The maximum absolute atomic E-state index is 11.7. The predicted octanol–water partition coefficient (Wildman–Crippen LogP) is 2.25. The Morgan fingerprint density at radius 1 is 1.41 bits per heavy atom. The minimum Gasteiger partial charge on any atom is -0.481 e. The highest BCUT2D eigenvalue weighted by molar-refractivity contribution is 8.15. The Morgan fingerprint density at radius 2 is 2.14 bits per heavy atom. The smallest absolute Gasteiger partial charge is 0.305 e. The maximum atomic E-state index is 11.7. The molecule has 7 heteroatoms. The average molecular weight is 323 g/mol. The molecule has 3 fully saturated rings. The molecule has 3 aliphatic rings. The Balaban J connectivity index is 1.75. The zero-order chi connectivity index (χ0) is 16.1. The van der Waals surface area contributed by atoms with Crippen molar-refractivity contribution in [3.8, 4) is 0 Å². The molecule has 3 atom stereocenters. The lowest BCUT2D eigenvalue weighted by Gasteiger charge is -2.34. The van der Waals surface area contributed by atoms with Crippen LogP contribution in [-0.4, -0.2) is 33.1 Å². The van der Waals surface area contributed by atoms with Crippen molar-refractivity contribution in [3.05, 3.63) is 0 Å². The second-order valence-electron chi connectivity index (χ2n) is 7.14. The number of aliphatic carboxylic acids is 1. The molecule has 0 aromatic rings. The van der Waals surface area contributed by atoms with Gasteiger partial charge in [0.1, 0.15) is 5.25 Å². The fourth-order valence-electron chi connectivity index (χ4n) is 3.93. The van der Waals surface area contributed by atoms with E-state index < -0.39 is 11.2 Å². The zero-order valence-electron chi connectivity index (χ0n) is 13.0. The van der Waals surface area contributed by atoms with Crippen LogP contribution >= 0.6 is 11.8 Å². The lowest BCUT2D eigenvalue weighted by atomic mass is 9.70. The molecule has 22 heavy (non-hydrogen) atoms. The molecule has 120 valence electrons. The third-order valence-electron chi connectivity index (χ3n) is 5.91. The fraction of sp³-hybridized carbons (Fsp3) is 0.733. The first-order valence-electron chi connectivity index (χ1n) is 7.58. The third kappa shape index (κ3) is 2.26. The Hall–Kier alpha value is -1.37. The van der Waals surface area contributed by atoms with Crippen molar-refractivity contribution < 1.29 is 14.7 Å². The molecule has 2 N–H and O–H groups in total. The summed E-state index contributed by atoms with van der Waals surface area (Å²) in [5.41, 5.74) is 1.43. The molecule has 1 amide bonds. The number of nitrogens with zero attached hydrogens (tertiary/aromatic N) is 2. The first kappa shape index (κ1) is 15.5. The van der Waals surface area contributed by atoms with E-state index in [1.807, 2.05) is 0 Å². The van der Waals surface area contributed by atoms with Crippen LogP contribution in [-0.2, 0) is 9.59 Å². The number of carbonyl (C=O) groups excluding carboxylic acids is 1. The van der Waals surface area contributed by atoms with Gasteiger partial charge in [-0.1, -0.05) is 32.5 Å². The second-order valence-corrected chi connectivity index (χ2v) is 8.33. The number of hydrogen-bond acceptors (Lipinski definition) is 5. The molecule has 6 nitrogen and oxygen atoms in total. The number of amidine groups is 1. The summed E-state index contributed by atoms with van der Waals surface area (Å²) in [5, 5.41) is 19.8. The van der Waals surface area contributed by atoms with Gasteiger partial charge in [-0.2, -0.15) is 5.10 Å². The summed E-state index contributed by atoms with van der Waals surface area (Å²) in [7, 11) is 0. The highest BCUT2D eigenvalue weighted by Gasteiger charge is 2.60. The lowest BCUT2D eigenvalue weighted by Crippen LogP contribution is -2.32. The number of rotatable bonds is 3. The van der Waals surface area contributed by atoms with E-state index in [0.717, 1.165) is 30.3 Å². The summed E-state index contributed by atoms with van der Waals surface area (Å²) < 4.78 is 0. The molecular weight excluding hydrogens is 302 g/mol. The number of carboxylic acid groups (broad SMARTS) is 1. The number of carboxylic acids is 1. The summed E-state index contributed by atoms with van der Waals surface area (Å²) in [6.45, 7) is 6.86. The highest BCUT2D eigenvalue weighted by Crippen LogP contribution is 2.64. The summed E-state index contributed by atoms with van der Waals surface area (Å²) in [6, 6.07) is 0. The van der Waals surface area contributed by atoms with E-state index in [9.17, 15) is 9.59 Å². The van der Waals surface area contributed by atoms with Crippen LogP contribution in [0.15, 0.2) is 10.2 Å². The van der Waals surface area contributed by atoms with Gasteiger partial charge in [-0.05, 0) is 30.6 Å². The molecule has 3 rings (SSSR count). The molecule has 0 aromatic heterocycles. The molecule has 0 spiro atoms. The molecule has 3 unspecified atom stereocenters. The van der Waals surface area contributed by atoms with Crippen LogP contribution in [0.4, 0.5) is 0 Å². The van der Waals surface area contributed by atoms with Crippen molar-refractivity contribution >= 4 is 34.5 Å². The predicted molar refractivity (Wildman–Crippen MR) is 85.9 cm³/mol. The summed E-state index contributed by atoms with van der Waals surface area (Å²) >= 11 is 1.15. The van der Waals surface area contributed by atoms with Crippen molar-refractivity contribution in [1.82, 2.24) is 5.32 Å². The lowest BCUT2D eigenvalue weighted by molar-refractivity contribution is -0.138. The molecule has 1 heterocycles.